The Hall–Kier alpha value is -1.07. The molecule has 1 aliphatic rings. The zero-order valence-electron chi connectivity index (χ0n) is 9.76. The Morgan fingerprint density at radius 3 is 2.59 bits per heavy atom. The topological polar surface area (TPSA) is 52.6 Å². The Kier molecular flexibility index (Phi) is 3.69. The van der Waals surface area contributed by atoms with E-state index in [-0.39, 0.29) is 6.10 Å². The monoisotopic (exact) mass is 256 g/mol. The van der Waals surface area contributed by atoms with Gasteiger partial charge in [0.2, 0.25) is 0 Å². The van der Waals surface area contributed by atoms with E-state index in [0.717, 1.165) is 19.4 Å². The van der Waals surface area contributed by atoms with Crippen molar-refractivity contribution in [1.29, 1.82) is 0 Å². The van der Waals surface area contributed by atoms with Crippen molar-refractivity contribution in [2.75, 3.05) is 19.5 Å². The maximum absolute atomic E-state index is 11.3. The fourth-order valence-corrected chi connectivity index (χ4v) is 2.38. The fourth-order valence-electron chi connectivity index (χ4n) is 1.75. The Balaban J connectivity index is 1.94. The van der Waals surface area contributed by atoms with Gasteiger partial charge in [0.05, 0.1) is 11.0 Å². The molecule has 0 amide bonds. The highest BCUT2D eigenvalue weighted by atomic mass is 32.2. The summed E-state index contributed by atoms with van der Waals surface area (Å²) >= 11 is 0. The number of hydrogen-bond donors (Lipinski definition) is 0. The molecule has 1 aromatic carbocycles. The highest BCUT2D eigenvalue weighted by Crippen LogP contribution is 2.18. The standard InChI is InChI=1S/C12H16O4S/c1-17(13,14)12-6-4-10(5-7-12)16-9-11-3-2-8-15-11/h4-7,11H,2-3,8-9H2,1H3. The van der Waals surface area contributed by atoms with Gasteiger partial charge in [-0.3, -0.25) is 0 Å². The maximum Gasteiger partial charge on any atom is 0.175 e. The zero-order valence-corrected chi connectivity index (χ0v) is 10.6. The van der Waals surface area contributed by atoms with Crippen molar-refractivity contribution >= 4 is 9.84 Å². The van der Waals surface area contributed by atoms with Gasteiger partial charge in [0, 0.05) is 12.9 Å². The highest BCUT2D eigenvalue weighted by Gasteiger charge is 2.16. The molecule has 4 nitrogen and oxygen atoms in total. The first kappa shape index (κ1) is 12.4. The number of hydrogen-bond acceptors (Lipinski definition) is 4. The smallest absolute Gasteiger partial charge is 0.175 e. The lowest BCUT2D eigenvalue weighted by atomic mass is 10.2. The van der Waals surface area contributed by atoms with Gasteiger partial charge in [0.15, 0.2) is 9.84 Å². The van der Waals surface area contributed by atoms with Crippen LogP contribution in [0.3, 0.4) is 0 Å². The molecule has 1 aromatic rings. The summed E-state index contributed by atoms with van der Waals surface area (Å²) in [4.78, 5) is 0.307. The number of rotatable bonds is 4. The molecule has 0 N–H and O–H groups in total. The molecule has 0 radical (unpaired) electrons. The summed E-state index contributed by atoms with van der Waals surface area (Å²) in [7, 11) is -3.13. The Labute approximate surface area is 101 Å². The molecule has 0 saturated carbocycles. The second kappa shape index (κ2) is 5.06. The molecule has 0 aromatic heterocycles. The molecule has 1 unspecified atom stereocenters. The van der Waals surface area contributed by atoms with Gasteiger partial charge in [0.1, 0.15) is 12.4 Å². The second-order valence-electron chi connectivity index (χ2n) is 4.19. The van der Waals surface area contributed by atoms with Crippen molar-refractivity contribution in [3.63, 3.8) is 0 Å². The zero-order chi connectivity index (χ0) is 12.3. The summed E-state index contributed by atoms with van der Waals surface area (Å²) in [5, 5.41) is 0. The molecular weight excluding hydrogens is 240 g/mol. The third-order valence-electron chi connectivity index (χ3n) is 2.71. The predicted molar refractivity (Wildman–Crippen MR) is 64.0 cm³/mol. The summed E-state index contributed by atoms with van der Waals surface area (Å²) in [5.41, 5.74) is 0. The van der Waals surface area contributed by atoms with Gasteiger partial charge in [-0.2, -0.15) is 0 Å². The first-order chi connectivity index (χ1) is 8.05. The lowest BCUT2D eigenvalue weighted by Crippen LogP contribution is -2.16. The van der Waals surface area contributed by atoms with Crippen LogP contribution in [-0.2, 0) is 14.6 Å². The molecular formula is C12H16O4S. The molecule has 1 fully saturated rings. The van der Waals surface area contributed by atoms with Crippen LogP contribution in [0.5, 0.6) is 5.75 Å². The van der Waals surface area contributed by atoms with E-state index in [2.05, 4.69) is 0 Å². The summed E-state index contributed by atoms with van der Waals surface area (Å²) < 4.78 is 33.5. The molecule has 2 rings (SSSR count). The molecule has 0 bridgehead atoms. The summed E-state index contributed by atoms with van der Waals surface area (Å²) in [6.07, 6.45) is 3.47. The van der Waals surface area contributed by atoms with Crippen molar-refractivity contribution in [3.05, 3.63) is 24.3 Å². The minimum atomic E-state index is -3.13. The molecule has 5 heteroatoms. The third kappa shape index (κ3) is 3.44. The minimum Gasteiger partial charge on any atom is -0.491 e. The SMILES string of the molecule is CS(=O)(=O)c1ccc(OCC2CCCO2)cc1. The lowest BCUT2D eigenvalue weighted by Gasteiger charge is -2.11. The van der Waals surface area contributed by atoms with Crippen LogP contribution in [0.15, 0.2) is 29.2 Å². The van der Waals surface area contributed by atoms with Gasteiger partial charge in [-0.15, -0.1) is 0 Å². The van der Waals surface area contributed by atoms with Crippen LogP contribution in [0.4, 0.5) is 0 Å². The van der Waals surface area contributed by atoms with Gasteiger partial charge in [-0.25, -0.2) is 8.42 Å². The number of sulfone groups is 1. The molecule has 1 heterocycles. The van der Waals surface area contributed by atoms with Crippen molar-refractivity contribution in [1.82, 2.24) is 0 Å². The van der Waals surface area contributed by atoms with Crippen LogP contribution in [0, 0.1) is 0 Å². The minimum absolute atomic E-state index is 0.171. The van der Waals surface area contributed by atoms with Gasteiger partial charge in [-0.1, -0.05) is 0 Å². The molecule has 1 saturated heterocycles. The first-order valence-corrected chi connectivity index (χ1v) is 7.49. The van der Waals surface area contributed by atoms with Crippen LogP contribution in [0.25, 0.3) is 0 Å². The van der Waals surface area contributed by atoms with Crippen LogP contribution in [0.1, 0.15) is 12.8 Å². The Bertz CT molecular complexity index is 458. The predicted octanol–water partition coefficient (Wildman–Crippen LogP) is 1.65. The lowest BCUT2D eigenvalue weighted by molar-refractivity contribution is 0.0679. The fraction of sp³-hybridized carbons (Fsp3) is 0.500. The summed E-state index contributed by atoms with van der Waals surface area (Å²) in [6.45, 7) is 1.33. The van der Waals surface area contributed by atoms with E-state index in [1.54, 1.807) is 24.3 Å². The van der Waals surface area contributed by atoms with E-state index in [1.807, 2.05) is 0 Å². The van der Waals surface area contributed by atoms with E-state index < -0.39 is 9.84 Å². The van der Waals surface area contributed by atoms with Crippen LogP contribution < -0.4 is 4.74 Å². The molecule has 0 aliphatic carbocycles. The Morgan fingerprint density at radius 1 is 1.35 bits per heavy atom. The van der Waals surface area contributed by atoms with E-state index >= 15 is 0 Å². The van der Waals surface area contributed by atoms with Crippen LogP contribution >= 0.6 is 0 Å². The summed E-state index contributed by atoms with van der Waals surface area (Å²) in [6, 6.07) is 6.46. The van der Waals surface area contributed by atoms with Gasteiger partial charge < -0.3 is 9.47 Å². The summed E-state index contributed by atoms with van der Waals surface area (Å²) in [5.74, 6) is 0.674. The maximum atomic E-state index is 11.3. The van der Waals surface area contributed by atoms with Gasteiger partial charge >= 0.3 is 0 Å². The quantitative estimate of drug-likeness (QED) is 0.822. The van der Waals surface area contributed by atoms with E-state index in [0.29, 0.717) is 17.3 Å². The highest BCUT2D eigenvalue weighted by molar-refractivity contribution is 7.90. The van der Waals surface area contributed by atoms with E-state index in [9.17, 15) is 8.42 Å². The normalized spacial score (nSPS) is 20.4. The van der Waals surface area contributed by atoms with Crippen molar-refractivity contribution in [3.8, 4) is 5.75 Å². The van der Waals surface area contributed by atoms with Gasteiger partial charge in [-0.05, 0) is 37.1 Å². The molecule has 1 aliphatic heterocycles. The largest absolute Gasteiger partial charge is 0.491 e. The molecule has 1 atom stereocenters. The first-order valence-electron chi connectivity index (χ1n) is 5.60. The molecule has 0 spiro atoms. The number of ether oxygens (including phenoxy) is 2. The molecule has 94 valence electrons. The van der Waals surface area contributed by atoms with Crippen molar-refractivity contribution in [2.45, 2.75) is 23.8 Å². The Morgan fingerprint density at radius 2 is 2.06 bits per heavy atom. The third-order valence-corrected chi connectivity index (χ3v) is 3.84. The van der Waals surface area contributed by atoms with E-state index in [4.69, 9.17) is 9.47 Å². The van der Waals surface area contributed by atoms with E-state index in [1.165, 1.54) is 6.26 Å². The van der Waals surface area contributed by atoms with Crippen molar-refractivity contribution < 1.29 is 17.9 Å². The number of benzene rings is 1. The molecule has 17 heavy (non-hydrogen) atoms. The van der Waals surface area contributed by atoms with Crippen LogP contribution in [0.2, 0.25) is 0 Å². The van der Waals surface area contributed by atoms with Gasteiger partial charge in [0.25, 0.3) is 0 Å². The van der Waals surface area contributed by atoms with Crippen LogP contribution in [-0.4, -0.2) is 34.0 Å². The average molecular weight is 256 g/mol. The average Bonchev–Trinajstić information content (AvgIpc) is 2.78. The second-order valence-corrected chi connectivity index (χ2v) is 6.21. The van der Waals surface area contributed by atoms with Crippen molar-refractivity contribution in [2.24, 2.45) is 0 Å².